The number of hydrogen-bond acceptors (Lipinski definition) is 2. The van der Waals surface area contributed by atoms with E-state index in [1.165, 1.54) is 0 Å². The molecule has 0 unspecified atom stereocenters. The molecule has 0 aliphatic carbocycles. The van der Waals surface area contributed by atoms with Crippen molar-refractivity contribution in [3.8, 4) is 5.75 Å². The van der Waals surface area contributed by atoms with Crippen LogP contribution in [-0.2, 0) is 0 Å². The van der Waals surface area contributed by atoms with E-state index in [0.29, 0.717) is 18.9 Å². The fraction of sp³-hybridized carbons (Fsp3) is 0.500. The molecule has 0 heterocycles. The van der Waals surface area contributed by atoms with Crippen molar-refractivity contribution in [3.63, 3.8) is 0 Å². The summed E-state index contributed by atoms with van der Waals surface area (Å²) in [6.07, 6.45) is 1.58. The Labute approximate surface area is 97.6 Å². The lowest BCUT2D eigenvalue weighted by Gasteiger charge is -2.05. The zero-order valence-electron chi connectivity index (χ0n) is 10.3. The first-order valence-corrected chi connectivity index (χ1v) is 5.89. The maximum absolute atomic E-state index is 11.8. The Bertz CT molecular complexity index is 325. The summed E-state index contributed by atoms with van der Waals surface area (Å²) in [5, 5.41) is 0. The zero-order chi connectivity index (χ0) is 12.0. The van der Waals surface area contributed by atoms with Crippen LogP contribution in [0, 0.1) is 5.92 Å². The molecule has 0 N–H and O–H groups in total. The van der Waals surface area contributed by atoms with E-state index in [1.807, 2.05) is 31.2 Å². The molecule has 1 aromatic carbocycles. The van der Waals surface area contributed by atoms with Crippen molar-refractivity contribution in [2.24, 2.45) is 5.92 Å². The van der Waals surface area contributed by atoms with Gasteiger partial charge < -0.3 is 4.74 Å². The molecule has 0 bridgehead atoms. The number of rotatable bonds is 6. The van der Waals surface area contributed by atoms with E-state index in [1.54, 1.807) is 0 Å². The molecule has 2 heteroatoms. The lowest BCUT2D eigenvalue weighted by atomic mass is 10.0. The van der Waals surface area contributed by atoms with Crippen LogP contribution in [-0.4, -0.2) is 12.4 Å². The number of carbonyl (C=O) groups is 1. The Balaban J connectivity index is 2.56. The standard InChI is InChI=1S/C14H20O2/c1-4-16-13-8-6-12(7-9-13)14(15)10-5-11(2)3/h6-9,11H,4-5,10H2,1-3H3. The van der Waals surface area contributed by atoms with Crippen molar-refractivity contribution < 1.29 is 9.53 Å². The highest BCUT2D eigenvalue weighted by atomic mass is 16.5. The van der Waals surface area contributed by atoms with Gasteiger partial charge in [-0.05, 0) is 43.5 Å². The largest absolute Gasteiger partial charge is 0.494 e. The van der Waals surface area contributed by atoms with Crippen molar-refractivity contribution in [1.29, 1.82) is 0 Å². The van der Waals surface area contributed by atoms with E-state index in [4.69, 9.17) is 4.74 Å². The van der Waals surface area contributed by atoms with Gasteiger partial charge in [-0.25, -0.2) is 0 Å². The second-order valence-corrected chi connectivity index (χ2v) is 4.31. The van der Waals surface area contributed by atoms with Crippen LogP contribution in [0.5, 0.6) is 5.75 Å². The summed E-state index contributed by atoms with van der Waals surface area (Å²) < 4.78 is 5.33. The smallest absolute Gasteiger partial charge is 0.162 e. The Kier molecular flexibility index (Phi) is 5.03. The summed E-state index contributed by atoms with van der Waals surface area (Å²) >= 11 is 0. The zero-order valence-corrected chi connectivity index (χ0v) is 10.3. The van der Waals surface area contributed by atoms with E-state index < -0.39 is 0 Å². The number of carbonyl (C=O) groups excluding carboxylic acids is 1. The molecule has 0 atom stereocenters. The van der Waals surface area contributed by atoms with Gasteiger partial charge in [-0.2, -0.15) is 0 Å². The Morgan fingerprint density at radius 3 is 2.38 bits per heavy atom. The fourth-order valence-electron chi connectivity index (χ4n) is 1.47. The molecule has 16 heavy (non-hydrogen) atoms. The lowest BCUT2D eigenvalue weighted by molar-refractivity contribution is 0.0975. The number of ether oxygens (including phenoxy) is 1. The third-order valence-corrected chi connectivity index (χ3v) is 2.44. The van der Waals surface area contributed by atoms with Gasteiger partial charge in [-0.3, -0.25) is 4.79 Å². The van der Waals surface area contributed by atoms with Gasteiger partial charge >= 0.3 is 0 Å². The van der Waals surface area contributed by atoms with Gasteiger partial charge in [0, 0.05) is 12.0 Å². The molecule has 0 aromatic heterocycles. The van der Waals surface area contributed by atoms with Gasteiger partial charge in [0.05, 0.1) is 6.61 Å². The Morgan fingerprint density at radius 2 is 1.88 bits per heavy atom. The molecule has 1 rings (SSSR count). The molecule has 0 saturated heterocycles. The topological polar surface area (TPSA) is 26.3 Å². The summed E-state index contributed by atoms with van der Waals surface area (Å²) in [5.74, 6) is 1.62. The third-order valence-electron chi connectivity index (χ3n) is 2.44. The van der Waals surface area contributed by atoms with Crippen LogP contribution < -0.4 is 4.74 Å². The molecule has 0 saturated carbocycles. The first-order valence-electron chi connectivity index (χ1n) is 5.89. The highest BCUT2D eigenvalue weighted by Crippen LogP contribution is 2.15. The van der Waals surface area contributed by atoms with Crippen molar-refractivity contribution in [2.75, 3.05) is 6.61 Å². The fourth-order valence-corrected chi connectivity index (χ4v) is 1.47. The first-order chi connectivity index (χ1) is 7.63. The van der Waals surface area contributed by atoms with Gasteiger partial charge in [0.1, 0.15) is 5.75 Å². The molecule has 0 spiro atoms. The second kappa shape index (κ2) is 6.31. The van der Waals surface area contributed by atoms with E-state index in [0.717, 1.165) is 17.7 Å². The van der Waals surface area contributed by atoms with Crippen molar-refractivity contribution in [1.82, 2.24) is 0 Å². The lowest BCUT2D eigenvalue weighted by Crippen LogP contribution is -2.01. The summed E-state index contributed by atoms with van der Waals surface area (Å²) in [6.45, 7) is 6.86. The van der Waals surface area contributed by atoms with Gasteiger partial charge in [0.25, 0.3) is 0 Å². The molecule has 0 fully saturated rings. The van der Waals surface area contributed by atoms with Crippen molar-refractivity contribution in [3.05, 3.63) is 29.8 Å². The highest BCUT2D eigenvalue weighted by molar-refractivity contribution is 5.96. The predicted octanol–water partition coefficient (Wildman–Crippen LogP) is 3.70. The molecule has 0 aliphatic rings. The summed E-state index contributed by atoms with van der Waals surface area (Å²) in [7, 11) is 0. The quantitative estimate of drug-likeness (QED) is 0.683. The van der Waals surface area contributed by atoms with Crippen molar-refractivity contribution >= 4 is 5.78 Å². The van der Waals surface area contributed by atoms with Crippen LogP contribution in [0.2, 0.25) is 0 Å². The molecule has 1 aromatic rings. The first kappa shape index (κ1) is 12.8. The number of hydrogen-bond donors (Lipinski definition) is 0. The van der Waals surface area contributed by atoms with Crippen LogP contribution in [0.4, 0.5) is 0 Å². The SMILES string of the molecule is CCOc1ccc(C(=O)CCC(C)C)cc1. The van der Waals surface area contributed by atoms with Crippen LogP contribution >= 0.6 is 0 Å². The summed E-state index contributed by atoms with van der Waals surface area (Å²) in [6, 6.07) is 7.39. The minimum atomic E-state index is 0.219. The Morgan fingerprint density at radius 1 is 1.25 bits per heavy atom. The highest BCUT2D eigenvalue weighted by Gasteiger charge is 2.06. The third kappa shape index (κ3) is 4.05. The van der Waals surface area contributed by atoms with Gasteiger partial charge in [-0.1, -0.05) is 13.8 Å². The summed E-state index contributed by atoms with van der Waals surface area (Å²) in [5.41, 5.74) is 0.782. The molecular formula is C14H20O2. The number of benzene rings is 1. The maximum atomic E-state index is 11.8. The monoisotopic (exact) mass is 220 g/mol. The second-order valence-electron chi connectivity index (χ2n) is 4.31. The average molecular weight is 220 g/mol. The molecule has 2 nitrogen and oxygen atoms in total. The minimum Gasteiger partial charge on any atom is -0.494 e. The molecule has 0 amide bonds. The minimum absolute atomic E-state index is 0.219. The van der Waals surface area contributed by atoms with E-state index in [-0.39, 0.29) is 5.78 Å². The van der Waals surface area contributed by atoms with Crippen LogP contribution in [0.3, 0.4) is 0 Å². The Hall–Kier alpha value is -1.31. The van der Waals surface area contributed by atoms with Crippen molar-refractivity contribution in [2.45, 2.75) is 33.6 Å². The number of ketones is 1. The van der Waals surface area contributed by atoms with E-state index in [2.05, 4.69) is 13.8 Å². The molecule has 88 valence electrons. The average Bonchev–Trinajstić information content (AvgIpc) is 2.27. The van der Waals surface area contributed by atoms with Gasteiger partial charge in [0.2, 0.25) is 0 Å². The number of Topliss-reactive ketones (excluding diaryl/α,β-unsaturated/α-hetero) is 1. The van der Waals surface area contributed by atoms with Gasteiger partial charge in [0.15, 0.2) is 5.78 Å². The van der Waals surface area contributed by atoms with E-state index in [9.17, 15) is 4.79 Å². The van der Waals surface area contributed by atoms with Crippen LogP contribution in [0.25, 0.3) is 0 Å². The van der Waals surface area contributed by atoms with Crippen LogP contribution in [0.1, 0.15) is 44.0 Å². The summed E-state index contributed by atoms with van der Waals surface area (Å²) in [4.78, 5) is 11.8. The molecule has 0 aliphatic heterocycles. The normalized spacial score (nSPS) is 10.5. The van der Waals surface area contributed by atoms with Crippen LogP contribution in [0.15, 0.2) is 24.3 Å². The molecular weight excluding hydrogens is 200 g/mol. The predicted molar refractivity (Wildman–Crippen MR) is 66.0 cm³/mol. The van der Waals surface area contributed by atoms with Gasteiger partial charge in [-0.15, -0.1) is 0 Å². The molecule has 0 radical (unpaired) electrons. The van der Waals surface area contributed by atoms with E-state index >= 15 is 0 Å². The maximum Gasteiger partial charge on any atom is 0.162 e.